The van der Waals surface area contributed by atoms with Crippen LogP contribution < -0.4 is 20.5 Å². The lowest BCUT2D eigenvalue weighted by Crippen LogP contribution is -2.39. The fraction of sp³-hybridized carbons (Fsp3) is 0.346. The Kier molecular flexibility index (Phi) is 7.15. The number of anilines is 2. The number of morpholine rings is 1. The molecule has 0 radical (unpaired) electrons. The molecule has 10 heteroatoms. The third-order valence-electron chi connectivity index (χ3n) is 6.29. The monoisotopic (exact) mass is 489 g/mol. The molecule has 0 atom stereocenters. The lowest BCUT2D eigenvalue weighted by Gasteiger charge is -2.26. The second kappa shape index (κ2) is 10.8. The molecule has 4 aromatic rings. The summed E-state index contributed by atoms with van der Waals surface area (Å²) >= 11 is 0. The summed E-state index contributed by atoms with van der Waals surface area (Å²) in [5, 5.41) is 8.82. The largest absolute Gasteiger partial charge is 0.493 e. The molecule has 0 bridgehead atoms. The molecule has 0 amide bonds. The molecule has 188 valence electrons. The summed E-state index contributed by atoms with van der Waals surface area (Å²) in [5.74, 6) is 2.27. The number of nitrogens with two attached hydrogens (primary N) is 1. The van der Waals surface area contributed by atoms with Crippen LogP contribution in [0, 0.1) is 0 Å². The molecular formula is C26H31N7O3. The minimum Gasteiger partial charge on any atom is -0.493 e. The molecule has 0 aliphatic carbocycles. The van der Waals surface area contributed by atoms with Crippen LogP contribution in [0.2, 0.25) is 0 Å². The smallest absolute Gasteiger partial charge is 0.225 e. The Morgan fingerprint density at radius 2 is 1.78 bits per heavy atom. The van der Waals surface area contributed by atoms with Crippen LogP contribution in [0.5, 0.6) is 11.5 Å². The predicted octanol–water partition coefficient (Wildman–Crippen LogP) is 2.89. The van der Waals surface area contributed by atoms with E-state index >= 15 is 0 Å². The van der Waals surface area contributed by atoms with E-state index in [0.29, 0.717) is 53.1 Å². The van der Waals surface area contributed by atoms with Crippen LogP contribution in [0.15, 0.2) is 48.5 Å². The molecule has 3 N–H and O–H groups in total. The van der Waals surface area contributed by atoms with Crippen LogP contribution in [0.4, 0.5) is 11.8 Å². The number of methoxy groups -OCH3 is 2. The van der Waals surface area contributed by atoms with Crippen molar-refractivity contribution >= 4 is 22.8 Å². The van der Waals surface area contributed by atoms with E-state index in [1.807, 2.05) is 48.5 Å². The van der Waals surface area contributed by atoms with E-state index in [1.54, 1.807) is 18.9 Å². The summed E-state index contributed by atoms with van der Waals surface area (Å²) in [5.41, 5.74) is 9.78. The molecule has 36 heavy (non-hydrogen) atoms. The first-order valence-electron chi connectivity index (χ1n) is 12.0. The van der Waals surface area contributed by atoms with Gasteiger partial charge in [0.2, 0.25) is 5.95 Å². The van der Waals surface area contributed by atoms with Crippen LogP contribution in [-0.4, -0.2) is 78.3 Å². The zero-order chi connectivity index (χ0) is 24.9. The fourth-order valence-corrected chi connectivity index (χ4v) is 4.35. The van der Waals surface area contributed by atoms with Gasteiger partial charge in [-0.1, -0.05) is 30.3 Å². The highest BCUT2D eigenvalue weighted by Crippen LogP contribution is 2.36. The second-order valence-corrected chi connectivity index (χ2v) is 8.57. The van der Waals surface area contributed by atoms with Gasteiger partial charge < -0.3 is 25.3 Å². The van der Waals surface area contributed by atoms with Crippen molar-refractivity contribution in [3.63, 3.8) is 0 Å². The summed E-state index contributed by atoms with van der Waals surface area (Å²) in [6.07, 6.45) is 0. The van der Waals surface area contributed by atoms with E-state index in [2.05, 4.69) is 10.2 Å². The highest BCUT2D eigenvalue weighted by molar-refractivity contribution is 5.99. The average molecular weight is 490 g/mol. The van der Waals surface area contributed by atoms with Crippen molar-refractivity contribution in [1.29, 1.82) is 0 Å². The first kappa shape index (κ1) is 23.8. The Hall–Kier alpha value is -3.89. The fourth-order valence-electron chi connectivity index (χ4n) is 4.35. The maximum Gasteiger partial charge on any atom is 0.225 e. The minimum absolute atomic E-state index is 0.505. The van der Waals surface area contributed by atoms with Gasteiger partial charge in [-0.25, -0.2) is 9.67 Å². The Balaban J connectivity index is 1.52. The Morgan fingerprint density at radius 3 is 2.53 bits per heavy atom. The maximum atomic E-state index is 6.62. The summed E-state index contributed by atoms with van der Waals surface area (Å²) in [4.78, 5) is 11.9. The van der Waals surface area contributed by atoms with Gasteiger partial charge in [0.15, 0.2) is 17.1 Å². The molecule has 10 nitrogen and oxygen atoms in total. The normalized spacial score (nSPS) is 14.2. The van der Waals surface area contributed by atoms with Crippen molar-refractivity contribution in [1.82, 2.24) is 24.6 Å². The molecule has 2 aromatic carbocycles. The first-order valence-corrected chi connectivity index (χ1v) is 12.0. The number of rotatable bonds is 9. The number of hydrogen-bond donors (Lipinski definition) is 2. The molecule has 5 rings (SSSR count). The van der Waals surface area contributed by atoms with Crippen molar-refractivity contribution in [2.45, 2.75) is 6.54 Å². The van der Waals surface area contributed by atoms with E-state index in [0.717, 1.165) is 44.0 Å². The lowest BCUT2D eigenvalue weighted by molar-refractivity contribution is 0.0398. The van der Waals surface area contributed by atoms with Crippen LogP contribution >= 0.6 is 0 Å². The number of aromatic nitrogens is 4. The zero-order valence-corrected chi connectivity index (χ0v) is 20.6. The Morgan fingerprint density at radius 1 is 1.00 bits per heavy atom. The van der Waals surface area contributed by atoms with Crippen molar-refractivity contribution < 1.29 is 14.2 Å². The molecular weight excluding hydrogens is 458 g/mol. The minimum atomic E-state index is 0.505. The van der Waals surface area contributed by atoms with Gasteiger partial charge in [-0.05, 0) is 23.8 Å². The van der Waals surface area contributed by atoms with E-state index in [-0.39, 0.29) is 0 Å². The first-order chi connectivity index (χ1) is 17.7. The molecule has 1 saturated heterocycles. The van der Waals surface area contributed by atoms with Crippen LogP contribution in [-0.2, 0) is 11.3 Å². The standard InChI is InChI=1S/C26H31N7O3/c1-34-20-9-8-19(16-21(20)35-2)23-22-24(27)33(17-18-6-4-3-5-7-18)31-25(22)30-26(29-23)28-10-11-32-12-14-36-15-13-32/h3-9,16H,10-15,17,27H2,1-2H3,(H,28,30,31). The average Bonchev–Trinajstić information content (AvgIpc) is 3.23. The van der Waals surface area contributed by atoms with Gasteiger partial charge in [0.25, 0.3) is 0 Å². The molecule has 1 aliphatic rings. The highest BCUT2D eigenvalue weighted by atomic mass is 16.5. The van der Waals surface area contributed by atoms with Gasteiger partial charge >= 0.3 is 0 Å². The molecule has 1 aliphatic heterocycles. The summed E-state index contributed by atoms with van der Waals surface area (Å²) < 4.78 is 18.2. The Labute approximate surface area is 210 Å². The van der Waals surface area contributed by atoms with E-state index < -0.39 is 0 Å². The van der Waals surface area contributed by atoms with Crippen molar-refractivity contribution in [2.24, 2.45) is 0 Å². The van der Waals surface area contributed by atoms with Crippen molar-refractivity contribution in [2.75, 3.05) is 64.7 Å². The maximum absolute atomic E-state index is 6.62. The number of ether oxygens (including phenoxy) is 3. The number of fused-ring (bicyclic) bond motifs is 1. The number of hydrogen-bond acceptors (Lipinski definition) is 9. The molecule has 1 fully saturated rings. The SMILES string of the molecule is COc1ccc(-c2nc(NCCN3CCOCC3)nc3nn(Cc4ccccc4)c(N)c23)cc1OC. The highest BCUT2D eigenvalue weighted by Gasteiger charge is 2.20. The van der Waals surface area contributed by atoms with Gasteiger partial charge in [0.05, 0.1) is 45.1 Å². The molecule has 0 unspecified atom stereocenters. The van der Waals surface area contributed by atoms with Crippen LogP contribution in [0.3, 0.4) is 0 Å². The lowest BCUT2D eigenvalue weighted by atomic mass is 10.1. The van der Waals surface area contributed by atoms with Gasteiger partial charge in [-0.2, -0.15) is 4.98 Å². The summed E-state index contributed by atoms with van der Waals surface area (Å²) in [7, 11) is 3.23. The number of nitrogen functional groups attached to an aromatic ring is 1. The number of nitrogens with zero attached hydrogens (tertiary/aromatic N) is 5. The van der Waals surface area contributed by atoms with Crippen LogP contribution in [0.25, 0.3) is 22.3 Å². The van der Waals surface area contributed by atoms with Crippen LogP contribution in [0.1, 0.15) is 5.56 Å². The van der Waals surface area contributed by atoms with Crippen molar-refractivity contribution in [3.05, 3.63) is 54.1 Å². The van der Waals surface area contributed by atoms with Gasteiger partial charge in [0.1, 0.15) is 5.82 Å². The molecule has 0 spiro atoms. The Bertz CT molecular complexity index is 1320. The predicted molar refractivity (Wildman–Crippen MR) is 140 cm³/mol. The second-order valence-electron chi connectivity index (χ2n) is 8.57. The quantitative estimate of drug-likeness (QED) is 0.366. The topological polar surface area (TPSA) is 113 Å². The zero-order valence-electron chi connectivity index (χ0n) is 20.6. The van der Waals surface area contributed by atoms with Gasteiger partial charge in [0, 0.05) is 31.7 Å². The van der Waals surface area contributed by atoms with E-state index in [9.17, 15) is 0 Å². The van der Waals surface area contributed by atoms with Gasteiger partial charge in [-0.15, -0.1) is 5.10 Å². The third kappa shape index (κ3) is 5.05. The molecule has 3 heterocycles. The summed E-state index contributed by atoms with van der Waals surface area (Å²) in [6.45, 7) is 5.51. The number of nitrogens with one attached hydrogen (secondary N) is 1. The van der Waals surface area contributed by atoms with Gasteiger partial charge in [-0.3, -0.25) is 4.90 Å². The number of benzene rings is 2. The third-order valence-corrected chi connectivity index (χ3v) is 6.29. The molecule has 2 aromatic heterocycles. The van der Waals surface area contributed by atoms with E-state index in [4.69, 9.17) is 35.0 Å². The van der Waals surface area contributed by atoms with E-state index in [1.165, 1.54) is 0 Å². The summed E-state index contributed by atoms with van der Waals surface area (Å²) in [6, 6.07) is 15.8. The van der Waals surface area contributed by atoms with Crippen molar-refractivity contribution in [3.8, 4) is 22.8 Å². The molecule has 0 saturated carbocycles.